The summed E-state index contributed by atoms with van der Waals surface area (Å²) < 4.78 is 26.0. The van der Waals surface area contributed by atoms with Crippen molar-refractivity contribution in [3.8, 4) is 5.75 Å². The van der Waals surface area contributed by atoms with Crippen molar-refractivity contribution in [3.05, 3.63) is 54.1 Å². The molecule has 0 spiro atoms. The first-order valence-corrected chi connectivity index (χ1v) is 5.37. The molecule has 0 saturated carbocycles. The summed E-state index contributed by atoms with van der Waals surface area (Å²) >= 11 is 0. The number of hydrogen-bond donors (Lipinski definition) is 3. The molecule has 2 amide bonds. The summed E-state index contributed by atoms with van der Waals surface area (Å²) in [5.41, 5.74) is 0.301. The third-order valence-electron chi connectivity index (χ3n) is 2.30. The minimum Gasteiger partial charge on any atom is -0.508 e. The molecule has 0 fully saturated rings. The third kappa shape index (κ3) is 3.41. The van der Waals surface area contributed by atoms with Crippen molar-refractivity contribution in [2.75, 3.05) is 10.6 Å². The monoisotopic (exact) mass is 264 g/mol. The van der Waals surface area contributed by atoms with E-state index < -0.39 is 17.7 Å². The lowest BCUT2D eigenvalue weighted by atomic mass is 10.3. The Morgan fingerprint density at radius 2 is 1.68 bits per heavy atom. The molecule has 19 heavy (non-hydrogen) atoms. The van der Waals surface area contributed by atoms with Gasteiger partial charge in [0.1, 0.15) is 17.4 Å². The Hall–Kier alpha value is -2.63. The average molecular weight is 264 g/mol. The second-order valence-electron chi connectivity index (χ2n) is 3.75. The van der Waals surface area contributed by atoms with Gasteiger partial charge >= 0.3 is 6.03 Å². The minimum atomic E-state index is -0.755. The van der Waals surface area contributed by atoms with Gasteiger partial charge in [0, 0.05) is 11.8 Å². The van der Waals surface area contributed by atoms with Crippen LogP contribution in [0.2, 0.25) is 0 Å². The van der Waals surface area contributed by atoms with Crippen molar-refractivity contribution in [1.29, 1.82) is 0 Å². The largest absolute Gasteiger partial charge is 0.508 e. The fourth-order valence-electron chi connectivity index (χ4n) is 1.42. The molecule has 0 heterocycles. The highest BCUT2D eigenvalue weighted by atomic mass is 19.1. The molecule has 6 heteroatoms. The van der Waals surface area contributed by atoms with Crippen LogP contribution in [-0.2, 0) is 0 Å². The van der Waals surface area contributed by atoms with E-state index in [-0.39, 0.29) is 11.4 Å². The van der Waals surface area contributed by atoms with Gasteiger partial charge in [-0.25, -0.2) is 13.6 Å². The number of phenols is 1. The molecular formula is C13H10F2N2O2. The van der Waals surface area contributed by atoms with E-state index in [1.165, 1.54) is 36.4 Å². The number of carbonyl (C=O) groups is 1. The quantitative estimate of drug-likeness (QED) is 0.729. The molecule has 4 nitrogen and oxygen atoms in total. The number of nitrogens with one attached hydrogen (secondary N) is 2. The van der Waals surface area contributed by atoms with Gasteiger partial charge in [0.05, 0.1) is 5.69 Å². The smallest absolute Gasteiger partial charge is 0.323 e. The molecule has 0 saturated heterocycles. The van der Waals surface area contributed by atoms with Crippen LogP contribution >= 0.6 is 0 Å². The number of rotatable bonds is 2. The van der Waals surface area contributed by atoms with Gasteiger partial charge in [0.15, 0.2) is 0 Å². The van der Waals surface area contributed by atoms with E-state index in [0.29, 0.717) is 5.69 Å². The van der Waals surface area contributed by atoms with Gasteiger partial charge in [-0.1, -0.05) is 0 Å². The number of carbonyl (C=O) groups excluding carboxylic acids is 1. The molecule has 2 aromatic carbocycles. The molecule has 0 bridgehead atoms. The maximum atomic E-state index is 13.4. The Bertz CT molecular complexity index is 600. The van der Waals surface area contributed by atoms with Crippen LogP contribution in [0.5, 0.6) is 5.75 Å². The molecule has 2 aromatic rings. The molecule has 0 aliphatic carbocycles. The van der Waals surface area contributed by atoms with Crippen LogP contribution in [0, 0.1) is 11.6 Å². The van der Waals surface area contributed by atoms with Crippen molar-refractivity contribution in [2.24, 2.45) is 0 Å². The van der Waals surface area contributed by atoms with Gasteiger partial charge in [-0.15, -0.1) is 0 Å². The van der Waals surface area contributed by atoms with Crippen molar-refractivity contribution < 1.29 is 18.7 Å². The molecule has 0 aliphatic rings. The summed E-state index contributed by atoms with van der Waals surface area (Å²) in [6.45, 7) is 0. The van der Waals surface area contributed by atoms with E-state index in [1.807, 2.05) is 0 Å². The van der Waals surface area contributed by atoms with Crippen LogP contribution in [0.25, 0.3) is 0 Å². The Labute approximate surface area is 107 Å². The molecular weight excluding hydrogens is 254 g/mol. The Kier molecular flexibility index (Phi) is 3.61. The summed E-state index contributed by atoms with van der Waals surface area (Å²) in [4.78, 5) is 11.6. The van der Waals surface area contributed by atoms with Crippen molar-refractivity contribution in [1.82, 2.24) is 0 Å². The second-order valence-corrected chi connectivity index (χ2v) is 3.75. The topological polar surface area (TPSA) is 61.4 Å². The van der Waals surface area contributed by atoms with Gasteiger partial charge in [-0.3, -0.25) is 0 Å². The van der Waals surface area contributed by atoms with E-state index in [0.717, 1.165) is 6.07 Å². The first kappa shape index (κ1) is 12.8. The van der Waals surface area contributed by atoms with E-state index in [4.69, 9.17) is 5.11 Å². The molecule has 2 rings (SSSR count). The Balaban J connectivity index is 2.03. The lowest BCUT2D eigenvalue weighted by Gasteiger charge is -2.08. The van der Waals surface area contributed by atoms with Crippen molar-refractivity contribution in [2.45, 2.75) is 0 Å². The molecule has 3 N–H and O–H groups in total. The van der Waals surface area contributed by atoms with Gasteiger partial charge in [-0.05, 0) is 36.4 Å². The summed E-state index contributed by atoms with van der Waals surface area (Å²) in [7, 11) is 0. The van der Waals surface area contributed by atoms with E-state index in [9.17, 15) is 13.6 Å². The van der Waals surface area contributed by atoms with Crippen LogP contribution in [0.4, 0.5) is 25.0 Å². The van der Waals surface area contributed by atoms with Crippen LogP contribution in [0.15, 0.2) is 42.5 Å². The van der Waals surface area contributed by atoms with Gasteiger partial charge in [-0.2, -0.15) is 0 Å². The van der Waals surface area contributed by atoms with Crippen LogP contribution in [0.3, 0.4) is 0 Å². The molecule has 0 aliphatic heterocycles. The van der Waals surface area contributed by atoms with E-state index in [1.54, 1.807) is 0 Å². The summed E-state index contributed by atoms with van der Waals surface area (Å²) in [5, 5.41) is 13.7. The van der Waals surface area contributed by atoms with Gasteiger partial charge < -0.3 is 15.7 Å². The maximum Gasteiger partial charge on any atom is 0.323 e. The highest BCUT2D eigenvalue weighted by molar-refractivity contribution is 5.99. The van der Waals surface area contributed by atoms with Gasteiger partial charge in [0.25, 0.3) is 0 Å². The highest BCUT2D eigenvalue weighted by Gasteiger charge is 2.07. The zero-order valence-electron chi connectivity index (χ0n) is 9.65. The number of phenolic OH excluding ortho intramolecular Hbond substituents is 1. The highest BCUT2D eigenvalue weighted by Crippen LogP contribution is 2.19. The average Bonchev–Trinajstić information content (AvgIpc) is 2.36. The lowest BCUT2D eigenvalue weighted by molar-refractivity contribution is 0.262. The van der Waals surface area contributed by atoms with E-state index >= 15 is 0 Å². The summed E-state index contributed by atoms with van der Waals surface area (Å²) in [6.07, 6.45) is 0. The first-order chi connectivity index (χ1) is 9.04. The second kappa shape index (κ2) is 5.34. The summed E-state index contributed by atoms with van der Waals surface area (Å²) in [6, 6.07) is 7.83. The lowest BCUT2D eigenvalue weighted by Crippen LogP contribution is -2.20. The molecule has 98 valence electrons. The van der Waals surface area contributed by atoms with Crippen LogP contribution in [-0.4, -0.2) is 11.1 Å². The maximum absolute atomic E-state index is 13.4. The number of amides is 2. The zero-order chi connectivity index (χ0) is 13.8. The van der Waals surface area contributed by atoms with Crippen LogP contribution < -0.4 is 10.6 Å². The SMILES string of the molecule is O=C(Nc1ccc(F)cc1)Nc1ccc(O)cc1F. The fourth-order valence-corrected chi connectivity index (χ4v) is 1.42. The summed E-state index contributed by atoms with van der Waals surface area (Å²) in [5.74, 6) is -1.41. The third-order valence-corrected chi connectivity index (χ3v) is 2.30. The van der Waals surface area contributed by atoms with Gasteiger partial charge in [0.2, 0.25) is 0 Å². The zero-order valence-corrected chi connectivity index (χ0v) is 9.65. The van der Waals surface area contributed by atoms with Crippen LogP contribution in [0.1, 0.15) is 0 Å². The number of aromatic hydroxyl groups is 1. The number of anilines is 2. The standard InChI is InChI=1S/C13H10F2N2O2/c14-8-1-3-9(4-2-8)16-13(19)17-12-6-5-10(18)7-11(12)15/h1-7,18H,(H2,16,17,19). The van der Waals surface area contributed by atoms with Crippen molar-refractivity contribution in [3.63, 3.8) is 0 Å². The Morgan fingerprint density at radius 1 is 1.00 bits per heavy atom. The molecule has 0 aromatic heterocycles. The number of urea groups is 1. The predicted molar refractivity (Wildman–Crippen MR) is 67.1 cm³/mol. The van der Waals surface area contributed by atoms with Crippen molar-refractivity contribution >= 4 is 17.4 Å². The number of benzene rings is 2. The van der Waals surface area contributed by atoms with E-state index in [2.05, 4.69) is 10.6 Å². The first-order valence-electron chi connectivity index (χ1n) is 5.37. The molecule has 0 unspecified atom stereocenters. The minimum absolute atomic E-state index is 0.0718. The number of hydrogen-bond acceptors (Lipinski definition) is 2. The number of halogens is 2. The Morgan fingerprint density at radius 3 is 2.32 bits per heavy atom. The normalized spacial score (nSPS) is 10.0. The fraction of sp³-hybridized carbons (Fsp3) is 0. The molecule has 0 radical (unpaired) electrons. The predicted octanol–water partition coefficient (Wildman–Crippen LogP) is 3.31. The molecule has 0 atom stereocenters.